The van der Waals surface area contributed by atoms with Crippen molar-refractivity contribution in [3.8, 4) is 0 Å². The molecule has 2 aromatic heterocycles. The zero-order valence-electron chi connectivity index (χ0n) is 9.70. The fraction of sp³-hybridized carbons (Fsp3) is 0.500. The molecule has 0 amide bonds. The molecular formula is C10H14N6O2. The van der Waals surface area contributed by atoms with Gasteiger partial charge in [-0.05, 0) is 0 Å². The van der Waals surface area contributed by atoms with E-state index in [1.165, 1.54) is 0 Å². The van der Waals surface area contributed by atoms with Crippen LogP contribution in [0.15, 0.2) is 6.33 Å². The Morgan fingerprint density at radius 1 is 1.56 bits per heavy atom. The van der Waals surface area contributed by atoms with E-state index in [0.717, 1.165) is 5.52 Å². The largest absolute Gasteiger partial charge is 0.394 e. The molecule has 4 N–H and O–H groups in total. The van der Waals surface area contributed by atoms with Crippen molar-refractivity contribution in [1.29, 1.82) is 0 Å². The standard InChI is InChI=1S/C10H14N6O2/c11-10-14-8-7(12-5-13-8)9(15-10)16-1-2-18-4-6(16)3-17/h5-6,17H,1-4H2,(H3,11,12,13,14,15). The first kappa shape index (κ1) is 11.2. The number of morpholine rings is 1. The number of aromatic nitrogens is 4. The van der Waals surface area contributed by atoms with Gasteiger partial charge in [-0.2, -0.15) is 9.97 Å². The number of aliphatic hydroxyl groups is 1. The van der Waals surface area contributed by atoms with Gasteiger partial charge in [-0.15, -0.1) is 0 Å². The third-order valence-corrected chi connectivity index (χ3v) is 2.99. The van der Waals surface area contributed by atoms with Crippen molar-refractivity contribution in [2.45, 2.75) is 6.04 Å². The highest BCUT2D eigenvalue weighted by molar-refractivity contribution is 5.84. The first-order chi connectivity index (χ1) is 8.79. The van der Waals surface area contributed by atoms with E-state index in [2.05, 4.69) is 19.9 Å². The minimum absolute atomic E-state index is 0.000458. The van der Waals surface area contributed by atoms with E-state index in [-0.39, 0.29) is 18.6 Å². The molecule has 8 nitrogen and oxygen atoms in total. The lowest BCUT2D eigenvalue weighted by molar-refractivity contribution is 0.0724. The quantitative estimate of drug-likeness (QED) is 0.635. The number of ether oxygens (including phenoxy) is 1. The average Bonchev–Trinajstić information content (AvgIpc) is 2.85. The van der Waals surface area contributed by atoms with Gasteiger partial charge in [-0.1, -0.05) is 0 Å². The molecule has 8 heteroatoms. The summed E-state index contributed by atoms with van der Waals surface area (Å²) >= 11 is 0. The number of aliphatic hydroxyl groups excluding tert-OH is 1. The Balaban J connectivity index is 2.08. The average molecular weight is 250 g/mol. The van der Waals surface area contributed by atoms with Gasteiger partial charge in [0, 0.05) is 6.54 Å². The van der Waals surface area contributed by atoms with Gasteiger partial charge in [-0.3, -0.25) is 0 Å². The van der Waals surface area contributed by atoms with Crippen molar-refractivity contribution in [1.82, 2.24) is 19.9 Å². The number of rotatable bonds is 2. The summed E-state index contributed by atoms with van der Waals surface area (Å²) in [5, 5.41) is 9.39. The van der Waals surface area contributed by atoms with Crippen molar-refractivity contribution < 1.29 is 9.84 Å². The van der Waals surface area contributed by atoms with E-state index in [4.69, 9.17) is 10.5 Å². The summed E-state index contributed by atoms with van der Waals surface area (Å²) in [6.45, 7) is 1.71. The van der Waals surface area contributed by atoms with Crippen molar-refractivity contribution in [3.63, 3.8) is 0 Å². The molecule has 1 atom stereocenters. The number of hydrogen-bond acceptors (Lipinski definition) is 7. The molecule has 2 aromatic rings. The lowest BCUT2D eigenvalue weighted by atomic mass is 10.2. The first-order valence-electron chi connectivity index (χ1n) is 5.71. The molecule has 96 valence electrons. The van der Waals surface area contributed by atoms with E-state index in [1.807, 2.05) is 4.90 Å². The molecule has 1 saturated heterocycles. The van der Waals surface area contributed by atoms with Crippen LogP contribution in [0, 0.1) is 0 Å². The highest BCUT2D eigenvalue weighted by Gasteiger charge is 2.26. The van der Waals surface area contributed by atoms with Crippen molar-refractivity contribution in [2.75, 3.05) is 37.0 Å². The molecule has 0 aliphatic carbocycles. The van der Waals surface area contributed by atoms with Crippen molar-refractivity contribution >= 4 is 22.9 Å². The number of fused-ring (bicyclic) bond motifs is 1. The number of H-pyrrole nitrogens is 1. The van der Waals surface area contributed by atoms with Gasteiger partial charge in [0.05, 0.1) is 32.2 Å². The molecule has 1 unspecified atom stereocenters. The molecule has 3 heterocycles. The molecule has 0 aromatic carbocycles. The second kappa shape index (κ2) is 4.39. The number of hydrogen-bond donors (Lipinski definition) is 3. The van der Waals surface area contributed by atoms with E-state index in [9.17, 15) is 5.11 Å². The van der Waals surface area contributed by atoms with Crippen molar-refractivity contribution in [3.05, 3.63) is 6.33 Å². The molecule has 1 aliphatic rings. The number of nitrogens with zero attached hydrogens (tertiary/aromatic N) is 4. The van der Waals surface area contributed by atoms with Gasteiger partial charge >= 0.3 is 0 Å². The molecule has 0 radical (unpaired) electrons. The lowest BCUT2D eigenvalue weighted by Crippen LogP contribution is -2.48. The van der Waals surface area contributed by atoms with Crippen LogP contribution in [0.5, 0.6) is 0 Å². The van der Waals surface area contributed by atoms with E-state index in [0.29, 0.717) is 31.2 Å². The Labute approximate surface area is 103 Å². The summed E-state index contributed by atoms with van der Waals surface area (Å²) in [5.74, 6) is 0.838. The molecule has 0 bridgehead atoms. The summed E-state index contributed by atoms with van der Waals surface area (Å²) in [5.41, 5.74) is 6.94. The maximum absolute atomic E-state index is 9.39. The molecule has 1 aliphatic heterocycles. The number of aromatic amines is 1. The van der Waals surface area contributed by atoms with Crippen LogP contribution in [0.3, 0.4) is 0 Å². The van der Waals surface area contributed by atoms with E-state index >= 15 is 0 Å². The SMILES string of the molecule is Nc1nc(N2CCOCC2CO)c2[nH]cnc2n1. The number of nitrogens with two attached hydrogens (primary N) is 1. The molecule has 3 rings (SSSR count). The summed E-state index contributed by atoms with van der Waals surface area (Å²) in [6.07, 6.45) is 1.55. The molecule has 18 heavy (non-hydrogen) atoms. The fourth-order valence-corrected chi connectivity index (χ4v) is 2.13. The summed E-state index contributed by atoms with van der Waals surface area (Å²) in [7, 11) is 0. The summed E-state index contributed by atoms with van der Waals surface area (Å²) < 4.78 is 5.35. The topological polar surface area (TPSA) is 113 Å². The fourth-order valence-electron chi connectivity index (χ4n) is 2.13. The van der Waals surface area contributed by atoms with Gasteiger partial charge in [0.25, 0.3) is 0 Å². The second-order valence-electron chi connectivity index (χ2n) is 4.11. The molecule has 0 saturated carbocycles. The number of imidazole rings is 1. The number of nitrogen functional groups attached to an aromatic ring is 1. The third kappa shape index (κ3) is 1.75. The van der Waals surface area contributed by atoms with Crippen LogP contribution in [-0.4, -0.2) is 57.4 Å². The lowest BCUT2D eigenvalue weighted by Gasteiger charge is -2.35. The predicted octanol–water partition coefficient (Wildman–Crippen LogP) is -0.867. The Morgan fingerprint density at radius 3 is 3.28 bits per heavy atom. The highest BCUT2D eigenvalue weighted by atomic mass is 16.5. The maximum atomic E-state index is 9.39. The minimum atomic E-state index is -0.125. The third-order valence-electron chi connectivity index (χ3n) is 2.99. The van der Waals surface area contributed by atoms with Crippen LogP contribution < -0.4 is 10.6 Å². The van der Waals surface area contributed by atoms with Gasteiger partial charge in [-0.25, -0.2) is 4.98 Å². The second-order valence-corrected chi connectivity index (χ2v) is 4.11. The highest BCUT2D eigenvalue weighted by Crippen LogP contribution is 2.24. The van der Waals surface area contributed by atoms with Gasteiger partial charge < -0.3 is 25.5 Å². The van der Waals surface area contributed by atoms with Crippen LogP contribution in [0.25, 0.3) is 11.2 Å². The van der Waals surface area contributed by atoms with Crippen LogP contribution in [0.1, 0.15) is 0 Å². The van der Waals surface area contributed by atoms with E-state index < -0.39 is 0 Å². The first-order valence-corrected chi connectivity index (χ1v) is 5.71. The maximum Gasteiger partial charge on any atom is 0.224 e. The molecule has 0 spiro atoms. The van der Waals surface area contributed by atoms with Crippen LogP contribution in [0.2, 0.25) is 0 Å². The minimum Gasteiger partial charge on any atom is -0.394 e. The van der Waals surface area contributed by atoms with Crippen molar-refractivity contribution in [2.24, 2.45) is 0 Å². The monoisotopic (exact) mass is 250 g/mol. The Kier molecular flexibility index (Phi) is 2.73. The Morgan fingerprint density at radius 2 is 2.44 bits per heavy atom. The predicted molar refractivity (Wildman–Crippen MR) is 65.1 cm³/mol. The molecule has 1 fully saturated rings. The van der Waals surface area contributed by atoms with Gasteiger partial charge in [0.2, 0.25) is 5.95 Å². The number of anilines is 2. The van der Waals surface area contributed by atoms with E-state index in [1.54, 1.807) is 6.33 Å². The van der Waals surface area contributed by atoms with Gasteiger partial charge in [0.1, 0.15) is 5.52 Å². The zero-order chi connectivity index (χ0) is 12.5. The summed E-state index contributed by atoms with van der Waals surface area (Å²) in [6, 6.07) is -0.125. The Bertz CT molecular complexity index is 556. The van der Waals surface area contributed by atoms with Gasteiger partial charge in [0.15, 0.2) is 11.5 Å². The normalized spacial score (nSPS) is 20.5. The van der Waals surface area contributed by atoms with Crippen LogP contribution in [0.4, 0.5) is 11.8 Å². The smallest absolute Gasteiger partial charge is 0.224 e. The zero-order valence-corrected chi connectivity index (χ0v) is 9.70. The summed E-state index contributed by atoms with van der Waals surface area (Å²) in [4.78, 5) is 17.4. The number of nitrogens with one attached hydrogen (secondary N) is 1. The molecular weight excluding hydrogens is 236 g/mol. The Hall–Kier alpha value is -1.93. The van der Waals surface area contributed by atoms with Crippen LogP contribution >= 0.6 is 0 Å². The van der Waals surface area contributed by atoms with Crippen LogP contribution in [-0.2, 0) is 4.74 Å².